The summed E-state index contributed by atoms with van der Waals surface area (Å²) in [5.74, 6) is 0. The number of para-hydroxylation sites is 2. The zero-order valence-electron chi connectivity index (χ0n) is 36.8. The van der Waals surface area contributed by atoms with Gasteiger partial charge in [0.05, 0.1) is 22.1 Å². The van der Waals surface area contributed by atoms with Crippen LogP contribution in [0.3, 0.4) is 0 Å². The summed E-state index contributed by atoms with van der Waals surface area (Å²) in [5.41, 5.74) is 18.8. The Morgan fingerprint density at radius 1 is 0.299 bits per heavy atom. The third kappa shape index (κ3) is 6.18. The number of anilines is 3. The molecule has 1 heterocycles. The minimum atomic E-state index is -0.491. The molecule has 2 heteroatoms. The Morgan fingerprint density at radius 2 is 0.836 bits per heavy atom. The minimum absolute atomic E-state index is 0.491. The summed E-state index contributed by atoms with van der Waals surface area (Å²) in [6, 6.07) is 98.0. The van der Waals surface area contributed by atoms with Crippen molar-refractivity contribution in [2.75, 3.05) is 4.90 Å². The molecule has 1 aliphatic carbocycles. The number of hydrogen-bond donors (Lipinski definition) is 0. The molecule has 0 saturated carbocycles. The third-order valence-corrected chi connectivity index (χ3v) is 14.1. The largest absolute Gasteiger partial charge is 0.310 e. The van der Waals surface area contributed by atoms with Gasteiger partial charge in [0.1, 0.15) is 0 Å². The van der Waals surface area contributed by atoms with E-state index in [-0.39, 0.29) is 0 Å². The van der Waals surface area contributed by atoms with E-state index in [0.717, 1.165) is 22.6 Å². The molecular formula is C65H44N2. The van der Waals surface area contributed by atoms with Gasteiger partial charge >= 0.3 is 0 Å². The smallest absolute Gasteiger partial charge is 0.0714 e. The lowest BCUT2D eigenvalue weighted by atomic mass is 9.67. The van der Waals surface area contributed by atoms with Gasteiger partial charge in [-0.1, -0.05) is 206 Å². The molecule has 0 saturated heterocycles. The van der Waals surface area contributed by atoms with Crippen LogP contribution < -0.4 is 4.90 Å². The molecule has 13 rings (SSSR count). The monoisotopic (exact) mass is 852 g/mol. The first kappa shape index (κ1) is 38.7. The summed E-state index contributed by atoms with van der Waals surface area (Å²) in [6.45, 7) is 0. The van der Waals surface area contributed by atoms with E-state index in [1.165, 1.54) is 88.3 Å². The van der Waals surface area contributed by atoms with Crippen LogP contribution in [0, 0.1) is 0 Å². The molecule has 0 N–H and O–H groups in total. The summed E-state index contributed by atoms with van der Waals surface area (Å²) >= 11 is 0. The Hall–Kier alpha value is -8.72. The molecule has 0 amide bonds. The van der Waals surface area contributed by atoms with Gasteiger partial charge in [-0.05, 0) is 122 Å². The lowest BCUT2D eigenvalue weighted by molar-refractivity contribution is 0.768. The first-order chi connectivity index (χ1) is 33.2. The predicted molar refractivity (Wildman–Crippen MR) is 281 cm³/mol. The van der Waals surface area contributed by atoms with Gasteiger partial charge in [0.2, 0.25) is 0 Å². The van der Waals surface area contributed by atoms with Crippen molar-refractivity contribution in [1.29, 1.82) is 0 Å². The highest BCUT2D eigenvalue weighted by Crippen LogP contribution is 2.57. The number of rotatable bonds is 8. The van der Waals surface area contributed by atoms with E-state index in [0.29, 0.717) is 0 Å². The van der Waals surface area contributed by atoms with Crippen molar-refractivity contribution in [2.24, 2.45) is 0 Å². The average Bonchev–Trinajstić information content (AvgIpc) is 3.89. The summed E-state index contributed by atoms with van der Waals surface area (Å²) in [7, 11) is 0. The van der Waals surface area contributed by atoms with E-state index in [9.17, 15) is 0 Å². The molecular weight excluding hydrogens is 809 g/mol. The molecule has 2 nitrogen and oxygen atoms in total. The topological polar surface area (TPSA) is 8.17 Å². The Morgan fingerprint density at radius 3 is 1.60 bits per heavy atom. The molecule has 0 fully saturated rings. The van der Waals surface area contributed by atoms with Gasteiger partial charge in [-0.2, -0.15) is 0 Å². The summed E-state index contributed by atoms with van der Waals surface area (Å²) in [6.07, 6.45) is 0. The van der Waals surface area contributed by atoms with Crippen LogP contribution in [-0.2, 0) is 5.41 Å². The lowest BCUT2D eigenvalue weighted by Crippen LogP contribution is -2.28. The second kappa shape index (κ2) is 15.8. The zero-order chi connectivity index (χ0) is 44.3. The highest BCUT2D eigenvalue weighted by Gasteiger charge is 2.46. The minimum Gasteiger partial charge on any atom is -0.310 e. The van der Waals surface area contributed by atoms with Crippen molar-refractivity contribution >= 4 is 49.6 Å². The summed E-state index contributed by atoms with van der Waals surface area (Å²) in [4.78, 5) is 2.41. The van der Waals surface area contributed by atoms with E-state index in [4.69, 9.17) is 0 Å². The van der Waals surface area contributed by atoms with Crippen molar-refractivity contribution in [3.8, 4) is 39.1 Å². The number of fused-ring (bicyclic) bond motifs is 7. The quantitative estimate of drug-likeness (QED) is 0.148. The van der Waals surface area contributed by atoms with E-state index in [1.807, 2.05) is 0 Å². The van der Waals surface area contributed by atoms with Crippen molar-refractivity contribution in [2.45, 2.75) is 5.41 Å². The van der Waals surface area contributed by atoms with Gasteiger partial charge < -0.3 is 9.47 Å². The Bertz CT molecular complexity index is 3750. The van der Waals surface area contributed by atoms with E-state index in [1.54, 1.807) is 0 Å². The normalized spacial score (nSPS) is 12.6. The maximum Gasteiger partial charge on any atom is 0.0714 e. The van der Waals surface area contributed by atoms with Crippen LogP contribution in [0.2, 0.25) is 0 Å². The fourth-order valence-electron chi connectivity index (χ4n) is 11.1. The van der Waals surface area contributed by atoms with Crippen molar-refractivity contribution in [3.63, 3.8) is 0 Å². The van der Waals surface area contributed by atoms with Crippen LogP contribution in [-0.4, -0.2) is 4.57 Å². The number of benzene rings is 11. The van der Waals surface area contributed by atoms with Crippen LogP contribution >= 0.6 is 0 Å². The molecule has 0 unspecified atom stereocenters. The maximum absolute atomic E-state index is 2.44. The Kier molecular flexibility index (Phi) is 9.11. The van der Waals surface area contributed by atoms with E-state index < -0.39 is 5.41 Å². The Balaban J connectivity index is 0.896. The molecule has 67 heavy (non-hydrogen) atoms. The molecule has 0 bridgehead atoms. The lowest BCUT2D eigenvalue weighted by Gasteiger charge is -2.35. The number of aromatic nitrogens is 1. The average molecular weight is 853 g/mol. The number of hydrogen-bond acceptors (Lipinski definition) is 1. The molecule has 0 radical (unpaired) electrons. The molecule has 1 aromatic heterocycles. The molecule has 0 atom stereocenters. The van der Waals surface area contributed by atoms with Crippen LogP contribution in [0.1, 0.15) is 22.3 Å². The van der Waals surface area contributed by atoms with Crippen molar-refractivity contribution in [3.05, 3.63) is 289 Å². The fourth-order valence-corrected chi connectivity index (χ4v) is 11.1. The molecule has 11 aromatic carbocycles. The van der Waals surface area contributed by atoms with Crippen LogP contribution in [0.4, 0.5) is 17.1 Å². The molecule has 1 aliphatic rings. The van der Waals surface area contributed by atoms with Gasteiger partial charge in [-0.25, -0.2) is 0 Å². The molecule has 0 spiro atoms. The molecule has 314 valence electrons. The first-order valence-corrected chi connectivity index (χ1v) is 23.2. The zero-order valence-corrected chi connectivity index (χ0v) is 36.8. The van der Waals surface area contributed by atoms with E-state index in [2.05, 4.69) is 276 Å². The third-order valence-electron chi connectivity index (χ3n) is 14.1. The molecule has 12 aromatic rings. The van der Waals surface area contributed by atoms with Crippen LogP contribution in [0.25, 0.3) is 71.6 Å². The number of nitrogens with zero attached hydrogens (tertiary/aromatic N) is 2. The van der Waals surface area contributed by atoms with Crippen molar-refractivity contribution < 1.29 is 0 Å². The van der Waals surface area contributed by atoms with Gasteiger partial charge in [0.15, 0.2) is 0 Å². The standard InChI is InChI=1S/C65H44N2/c1-4-21-50(22-5-1)65(51-23-6-2-7-24-51)60-31-14-12-29-56(60)57-40-39-54(44-61(57)65)66(52-25-8-3-9-26-52)53-27-16-20-48(42-53)45-34-36-46(37-35-45)49-38-41-64-59(43-49)58-30-13-15-32-63(58)67(64)62-33-17-19-47-18-10-11-28-55(47)62/h1-44H. The van der Waals surface area contributed by atoms with Gasteiger partial charge in [-0.15, -0.1) is 0 Å². The highest BCUT2D eigenvalue weighted by atomic mass is 15.1. The fraction of sp³-hybridized carbons (Fsp3) is 0.0154. The summed E-state index contributed by atoms with van der Waals surface area (Å²) < 4.78 is 2.43. The van der Waals surface area contributed by atoms with Gasteiger partial charge in [0, 0.05) is 33.2 Å². The highest BCUT2D eigenvalue weighted by molar-refractivity contribution is 6.11. The Labute approximate surface area is 390 Å². The molecule has 0 aliphatic heterocycles. The maximum atomic E-state index is 2.44. The SMILES string of the molecule is c1ccc(N(c2cccc(-c3ccc(-c4ccc5c(c4)c4ccccc4n5-c4cccc5ccccc45)cc3)c2)c2ccc3c(c2)C(c2ccccc2)(c2ccccc2)c2ccccc2-3)cc1. The van der Waals surface area contributed by atoms with Gasteiger partial charge in [0.25, 0.3) is 0 Å². The van der Waals surface area contributed by atoms with Crippen LogP contribution in [0.5, 0.6) is 0 Å². The first-order valence-electron chi connectivity index (χ1n) is 23.2. The van der Waals surface area contributed by atoms with Crippen LogP contribution in [0.15, 0.2) is 267 Å². The summed E-state index contributed by atoms with van der Waals surface area (Å²) in [5, 5.41) is 4.99. The predicted octanol–water partition coefficient (Wildman–Crippen LogP) is 17.1. The van der Waals surface area contributed by atoms with Crippen molar-refractivity contribution in [1.82, 2.24) is 4.57 Å². The second-order valence-corrected chi connectivity index (χ2v) is 17.6. The van der Waals surface area contributed by atoms with Gasteiger partial charge in [-0.3, -0.25) is 0 Å². The van der Waals surface area contributed by atoms with E-state index >= 15 is 0 Å². The second-order valence-electron chi connectivity index (χ2n) is 17.6.